The molecule has 0 aliphatic rings. The maximum absolute atomic E-state index is 10.9. The summed E-state index contributed by atoms with van der Waals surface area (Å²) >= 11 is 0. The summed E-state index contributed by atoms with van der Waals surface area (Å²) in [5.41, 5.74) is 5.80. The van der Waals surface area contributed by atoms with Gasteiger partial charge < -0.3 is 20.4 Å². The summed E-state index contributed by atoms with van der Waals surface area (Å²) < 4.78 is 4.50. The van der Waals surface area contributed by atoms with Crippen molar-refractivity contribution in [3.05, 3.63) is 29.8 Å². The van der Waals surface area contributed by atoms with Crippen molar-refractivity contribution in [1.29, 1.82) is 0 Å². The summed E-state index contributed by atoms with van der Waals surface area (Å²) in [4.78, 5) is 21.1. The number of aliphatic hydroxyl groups is 1. The third-order valence-corrected chi connectivity index (χ3v) is 3.35. The number of carbonyl (C=O) groups is 2. The van der Waals surface area contributed by atoms with Gasteiger partial charge in [-0.2, -0.15) is 0 Å². The van der Waals surface area contributed by atoms with Crippen molar-refractivity contribution in [2.24, 2.45) is 5.92 Å². The molecule has 0 bridgehead atoms. The number of esters is 1. The SMILES string of the molecule is CC(CC=O)CCCC(C)(C)O.COC(=O)c1ccccc1N. The molecule has 1 rings (SSSR count). The van der Waals surface area contributed by atoms with E-state index < -0.39 is 11.6 Å². The summed E-state index contributed by atoms with van der Waals surface area (Å²) in [6, 6.07) is 6.79. The van der Waals surface area contributed by atoms with Gasteiger partial charge in [0.2, 0.25) is 0 Å². The second-order valence-corrected chi connectivity index (χ2v) is 6.29. The minimum Gasteiger partial charge on any atom is -0.465 e. The Bertz CT molecular complexity index is 480. The monoisotopic (exact) mass is 323 g/mol. The van der Waals surface area contributed by atoms with Crippen LogP contribution in [-0.4, -0.2) is 30.1 Å². The van der Waals surface area contributed by atoms with Gasteiger partial charge in [0.1, 0.15) is 6.29 Å². The Morgan fingerprint density at radius 1 is 1.39 bits per heavy atom. The van der Waals surface area contributed by atoms with Crippen LogP contribution < -0.4 is 5.73 Å². The molecule has 0 aliphatic carbocycles. The molecule has 0 amide bonds. The molecule has 0 spiro atoms. The predicted octanol–water partition coefficient (Wildman–Crippen LogP) is 3.21. The molecular weight excluding hydrogens is 294 g/mol. The number of para-hydroxylation sites is 1. The normalized spacial score (nSPS) is 11.9. The number of nitrogens with two attached hydrogens (primary N) is 1. The van der Waals surface area contributed by atoms with Crippen LogP contribution in [0.4, 0.5) is 5.69 Å². The van der Waals surface area contributed by atoms with Crippen molar-refractivity contribution < 1.29 is 19.4 Å². The fourth-order valence-electron chi connectivity index (χ4n) is 1.96. The second kappa shape index (κ2) is 10.8. The summed E-state index contributed by atoms with van der Waals surface area (Å²) in [5, 5.41) is 9.39. The number of hydrogen-bond acceptors (Lipinski definition) is 5. The molecule has 1 atom stereocenters. The van der Waals surface area contributed by atoms with E-state index in [0.717, 1.165) is 25.5 Å². The van der Waals surface area contributed by atoms with Crippen LogP contribution in [0, 0.1) is 5.92 Å². The zero-order valence-corrected chi connectivity index (χ0v) is 14.5. The minimum absolute atomic E-state index is 0.400. The average molecular weight is 323 g/mol. The Kier molecular flexibility index (Phi) is 9.90. The third-order valence-electron chi connectivity index (χ3n) is 3.35. The van der Waals surface area contributed by atoms with Gasteiger partial charge in [-0.15, -0.1) is 0 Å². The molecule has 1 aromatic carbocycles. The number of anilines is 1. The number of aldehydes is 1. The van der Waals surface area contributed by atoms with E-state index in [4.69, 9.17) is 5.73 Å². The van der Waals surface area contributed by atoms with E-state index in [2.05, 4.69) is 11.7 Å². The molecule has 0 radical (unpaired) electrons. The molecule has 130 valence electrons. The van der Waals surface area contributed by atoms with E-state index in [-0.39, 0.29) is 0 Å². The quantitative estimate of drug-likeness (QED) is 0.457. The molecule has 0 aromatic heterocycles. The number of benzene rings is 1. The molecule has 1 aromatic rings. The summed E-state index contributed by atoms with van der Waals surface area (Å²) in [7, 11) is 1.33. The van der Waals surface area contributed by atoms with Gasteiger partial charge in [-0.1, -0.05) is 31.9 Å². The predicted molar refractivity (Wildman–Crippen MR) is 92.2 cm³/mol. The standard InChI is InChI=1S/C10H20O2.C8H9NO2/c1-9(6-8-11)5-4-7-10(2,3)12;1-11-8(10)6-4-2-3-5-7(6)9/h8-9,12H,4-7H2,1-3H3;2-5H,9H2,1H3. The maximum Gasteiger partial charge on any atom is 0.339 e. The first-order valence-corrected chi connectivity index (χ1v) is 7.80. The highest BCUT2D eigenvalue weighted by molar-refractivity contribution is 5.94. The maximum atomic E-state index is 10.9. The van der Waals surface area contributed by atoms with Gasteiger partial charge in [0.15, 0.2) is 0 Å². The van der Waals surface area contributed by atoms with E-state index in [0.29, 0.717) is 23.6 Å². The van der Waals surface area contributed by atoms with E-state index in [1.54, 1.807) is 24.3 Å². The van der Waals surface area contributed by atoms with Gasteiger partial charge in [0.25, 0.3) is 0 Å². The Hall–Kier alpha value is -1.88. The van der Waals surface area contributed by atoms with E-state index in [1.165, 1.54) is 7.11 Å². The molecule has 23 heavy (non-hydrogen) atoms. The lowest BCUT2D eigenvalue weighted by Gasteiger charge is -2.17. The first kappa shape index (κ1) is 21.1. The number of hydrogen-bond donors (Lipinski definition) is 2. The van der Waals surface area contributed by atoms with Crippen molar-refractivity contribution >= 4 is 17.9 Å². The van der Waals surface area contributed by atoms with Crippen molar-refractivity contribution in [2.45, 2.75) is 52.1 Å². The smallest absolute Gasteiger partial charge is 0.339 e. The van der Waals surface area contributed by atoms with Crippen LogP contribution in [-0.2, 0) is 9.53 Å². The summed E-state index contributed by atoms with van der Waals surface area (Å²) in [5.74, 6) is 0.0629. The van der Waals surface area contributed by atoms with E-state index >= 15 is 0 Å². The highest BCUT2D eigenvalue weighted by atomic mass is 16.5. The fourth-order valence-corrected chi connectivity index (χ4v) is 1.96. The molecule has 0 saturated carbocycles. The zero-order chi connectivity index (χ0) is 17.9. The minimum atomic E-state index is -0.555. The topological polar surface area (TPSA) is 89.6 Å². The van der Waals surface area contributed by atoms with Crippen LogP contribution in [0.1, 0.15) is 56.8 Å². The molecular formula is C18H29NO4. The van der Waals surface area contributed by atoms with Crippen LogP contribution in [0.3, 0.4) is 0 Å². The first-order valence-electron chi connectivity index (χ1n) is 7.80. The highest BCUT2D eigenvalue weighted by Crippen LogP contribution is 2.16. The van der Waals surface area contributed by atoms with Gasteiger partial charge in [-0.3, -0.25) is 0 Å². The summed E-state index contributed by atoms with van der Waals surface area (Å²) in [6.45, 7) is 5.70. The van der Waals surface area contributed by atoms with Gasteiger partial charge in [-0.25, -0.2) is 4.79 Å². The highest BCUT2D eigenvalue weighted by Gasteiger charge is 2.12. The van der Waals surface area contributed by atoms with Crippen LogP contribution in [0.25, 0.3) is 0 Å². The zero-order valence-electron chi connectivity index (χ0n) is 14.5. The summed E-state index contributed by atoms with van der Waals surface area (Å²) in [6.07, 6.45) is 4.46. The third kappa shape index (κ3) is 10.5. The second-order valence-electron chi connectivity index (χ2n) is 6.29. The molecule has 1 unspecified atom stereocenters. The Balaban J connectivity index is 0.000000422. The largest absolute Gasteiger partial charge is 0.465 e. The van der Waals surface area contributed by atoms with Gasteiger partial charge in [0.05, 0.1) is 18.3 Å². The molecule has 5 heteroatoms. The molecule has 0 aliphatic heterocycles. The number of rotatable bonds is 7. The molecule has 3 N–H and O–H groups in total. The molecule has 5 nitrogen and oxygen atoms in total. The number of carbonyl (C=O) groups excluding carboxylic acids is 2. The lowest BCUT2D eigenvalue weighted by atomic mass is 9.96. The van der Waals surface area contributed by atoms with Crippen molar-refractivity contribution in [3.8, 4) is 0 Å². The van der Waals surface area contributed by atoms with Crippen molar-refractivity contribution in [1.82, 2.24) is 0 Å². The van der Waals surface area contributed by atoms with Crippen LogP contribution in [0.5, 0.6) is 0 Å². The molecule has 0 heterocycles. The van der Waals surface area contributed by atoms with E-state index in [9.17, 15) is 14.7 Å². The number of nitrogen functional groups attached to an aromatic ring is 1. The van der Waals surface area contributed by atoms with Gasteiger partial charge in [-0.05, 0) is 38.3 Å². The Labute approximate surface area is 138 Å². The van der Waals surface area contributed by atoms with Crippen LogP contribution >= 0.6 is 0 Å². The molecule has 0 fully saturated rings. The lowest BCUT2D eigenvalue weighted by molar-refractivity contribution is -0.108. The number of ether oxygens (including phenoxy) is 1. The van der Waals surface area contributed by atoms with Gasteiger partial charge >= 0.3 is 5.97 Å². The average Bonchev–Trinajstić information content (AvgIpc) is 2.46. The Morgan fingerprint density at radius 3 is 2.48 bits per heavy atom. The van der Waals surface area contributed by atoms with Crippen LogP contribution in [0.15, 0.2) is 24.3 Å². The van der Waals surface area contributed by atoms with Crippen molar-refractivity contribution in [3.63, 3.8) is 0 Å². The Morgan fingerprint density at radius 2 is 2.00 bits per heavy atom. The lowest BCUT2D eigenvalue weighted by Crippen LogP contribution is -2.18. The van der Waals surface area contributed by atoms with Gasteiger partial charge in [0, 0.05) is 12.1 Å². The number of methoxy groups -OCH3 is 1. The van der Waals surface area contributed by atoms with Crippen molar-refractivity contribution in [2.75, 3.05) is 12.8 Å². The van der Waals surface area contributed by atoms with E-state index in [1.807, 2.05) is 13.8 Å². The molecule has 0 saturated heterocycles. The fraction of sp³-hybridized carbons (Fsp3) is 0.556. The van der Waals surface area contributed by atoms with Crippen LogP contribution in [0.2, 0.25) is 0 Å². The first-order chi connectivity index (χ1) is 10.7.